The van der Waals surface area contributed by atoms with Crippen molar-refractivity contribution >= 4 is 11.6 Å². The Morgan fingerprint density at radius 2 is 1.90 bits per heavy atom. The van der Waals surface area contributed by atoms with Gasteiger partial charge in [-0.25, -0.2) is 18.7 Å². The molecule has 0 bridgehead atoms. The molecule has 1 aliphatic rings. The Kier molecular flexibility index (Phi) is 3.60. The molecule has 108 valence electrons. The average Bonchev–Trinajstić information content (AvgIpc) is 2.50. The molecule has 2 aromatic rings. The van der Waals surface area contributed by atoms with Gasteiger partial charge in [0.05, 0.1) is 0 Å². The van der Waals surface area contributed by atoms with E-state index in [1.165, 1.54) is 12.4 Å². The molecule has 1 N–H and O–H groups in total. The highest BCUT2D eigenvalue weighted by molar-refractivity contribution is 6.04. The quantitative estimate of drug-likeness (QED) is 0.925. The van der Waals surface area contributed by atoms with Crippen LogP contribution in [0.2, 0.25) is 0 Å². The lowest BCUT2D eigenvalue weighted by atomic mass is 9.94. The van der Waals surface area contributed by atoms with Crippen molar-refractivity contribution in [3.05, 3.63) is 53.1 Å². The number of benzene rings is 1. The molecular formula is C15H13F2N3O. The van der Waals surface area contributed by atoms with E-state index < -0.39 is 17.5 Å². The number of aromatic nitrogens is 2. The number of amides is 1. The van der Waals surface area contributed by atoms with E-state index in [1.807, 2.05) is 0 Å². The molecule has 0 saturated heterocycles. The third kappa shape index (κ3) is 2.74. The normalized spacial score (nSPS) is 13.6. The van der Waals surface area contributed by atoms with E-state index in [4.69, 9.17) is 0 Å². The molecule has 21 heavy (non-hydrogen) atoms. The molecule has 1 aromatic carbocycles. The van der Waals surface area contributed by atoms with E-state index in [2.05, 4.69) is 15.3 Å². The Morgan fingerprint density at radius 3 is 2.71 bits per heavy atom. The average molecular weight is 289 g/mol. The van der Waals surface area contributed by atoms with Gasteiger partial charge in [0, 0.05) is 23.0 Å². The second-order valence-electron chi connectivity index (χ2n) is 4.94. The Morgan fingerprint density at radius 1 is 1.10 bits per heavy atom. The van der Waals surface area contributed by atoms with Gasteiger partial charge in [0.25, 0.3) is 5.91 Å². The van der Waals surface area contributed by atoms with Crippen molar-refractivity contribution in [2.45, 2.75) is 25.7 Å². The van der Waals surface area contributed by atoms with Gasteiger partial charge < -0.3 is 5.32 Å². The molecule has 0 atom stereocenters. The monoisotopic (exact) mass is 289 g/mol. The second-order valence-corrected chi connectivity index (χ2v) is 4.94. The van der Waals surface area contributed by atoms with Crippen LogP contribution in [0.1, 0.15) is 34.6 Å². The van der Waals surface area contributed by atoms with E-state index >= 15 is 0 Å². The van der Waals surface area contributed by atoms with Crippen molar-refractivity contribution in [3.63, 3.8) is 0 Å². The first kappa shape index (κ1) is 13.6. The lowest BCUT2D eigenvalue weighted by molar-refractivity contribution is 0.102. The van der Waals surface area contributed by atoms with Crippen molar-refractivity contribution in [2.75, 3.05) is 5.32 Å². The Balaban J connectivity index is 1.87. The first-order valence-electron chi connectivity index (χ1n) is 6.74. The molecule has 0 saturated carbocycles. The number of anilines is 1. The van der Waals surface area contributed by atoms with Gasteiger partial charge in [-0.2, -0.15) is 0 Å². The van der Waals surface area contributed by atoms with Crippen LogP contribution in [0, 0.1) is 11.6 Å². The SMILES string of the molecule is O=C(Nc1ccc(F)c(F)c1)c1ncnc2c1CCCC2. The van der Waals surface area contributed by atoms with Crippen LogP contribution in [0.3, 0.4) is 0 Å². The summed E-state index contributed by atoms with van der Waals surface area (Å²) in [5, 5.41) is 2.54. The summed E-state index contributed by atoms with van der Waals surface area (Å²) in [6.07, 6.45) is 5.00. The number of hydrogen-bond acceptors (Lipinski definition) is 3. The number of hydrogen-bond donors (Lipinski definition) is 1. The van der Waals surface area contributed by atoms with Crippen LogP contribution in [-0.4, -0.2) is 15.9 Å². The van der Waals surface area contributed by atoms with Crippen molar-refractivity contribution in [1.82, 2.24) is 9.97 Å². The Labute approximate surface area is 120 Å². The first-order chi connectivity index (χ1) is 10.1. The van der Waals surface area contributed by atoms with Crippen LogP contribution in [0.5, 0.6) is 0 Å². The third-order valence-corrected chi connectivity index (χ3v) is 3.52. The fourth-order valence-corrected chi connectivity index (χ4v) is 2.48. The molecule has 0 aliphatic heterocycles. The molecule has 0 unspecified atom stereocenters. The lowest BCUT2D eigenvalue weighted by Crippen LogP contribution is -2.20. The van der Waals surface area contributed by atoms with Gasteiger partial charge >= 0.3 is 0 Å². The summed E-state index contributed by atoms with van der Waals surface area (Å²) < 4.78 is 26.0. The largest absolute Gasteiger partial charge is 0.321 e. The van der Waals surface area contributed by atoms with Crippen LogP contribution in [0.25, 0.3) is 0 Å². The number of halogens is 2. The standard InChI is InChI=1S/C15H13F2N3O/c16-11-6-5-9(7-12(11)17)20-15(21)14-10-3-1-2-4-13(10)18-8-19-14/h5-8H,1-4H2,(H,20,21). The summed E-state index contributed by atoms with van der Waals surface area (Å²) in [6, 6.07) is 3.23. The minimum absolute atomic E-state index is 0.196. The number of nitrogens with zero attached hydrogens (tertiary/aromatic N) is 2. The Bertz CT molecular complexity index is 703. The smallest absolute Gasteiger partial charge is 0.274 e. The van der Waals surface area contributed by atoms with Gasteiger partial charge in [-0.1, -0.05) is 0 Å². The molecule has 0 radical (unpaired) electrons. The zero-order valence-corrected chi connectivity index (χ0v) is 11.2. The summed E-state index contributed by atoms with van der Waals surface area (Å²) in [7, 11) is 0. The Hall–Kier alpha value is -2.37. The zero-order valence-electron chi connectivity index (χ0n) is 11.2. The van der Waals surface area contributed by atoms with Crippen LogP contribution < -0.4 is 5.32 Å². The van der Waals surface area contributed by atoms with Crippen molar-refractivity contribution in [2.24, 2.45) is 0 Å². The highest BCUT2D eigenvalue weighted by Gasteiger charge is 2.20. The number of aryl methyl sites for hydroxylation is 1. The summed E-state index contributed by atoms with van der Waals surface area (Å²) in [5.74, 6) is -2.38. The summed E-state index contributed by atoms with van der Waals surface area (Å²) in [4.78, 5) is 20.5. The number of nitrogens with one attached hydrogen (secondary N) is 1. The van der Waals surface area contributed by atoms with Crippen LogP contribution in [0.4, 0.5) is 14.5 Å². The second kappa shape index (κ2) is 5.55. The predicted molar refractivity (Wildman–Crippen MR) is 73.0 cm³/mol. The predicted octanol–water partition coefficient (Wildman–Crippen LogP) is 2.89. The molecular weight excluding hydrogens is 276 g/mol. The molecule has 0 fully saturated rings. The van der Waals surface area contributed by atoms with E-state index in [0.29, 0.717) is 5.69 Å². The molecule has 6 heteroatoms. The fourth-order valence-electron chi connectivity index (χ4n) is 2.48. The molecule has 1 aliphatic carbocycles. The van der Waals surface area contributed by atoms with Gasteiger partial charge in [-0.3, -0.25) is 4.79 Å². The van der Waals surface area contributed by atoms with Gasteiger partial charge in [0.2, 0.25) is 0 Å². The molecule has 1 aromatic heterocycles. The number of rotatable bonds is 2. The van der Waals surface area contributed by atoms with Gasteiger partial charge in [-0.15, -0.1) is 0 Å². The van der Waals surface area contributed by atoms with E-state index in [1.54, 1.807) is 0 Å². The van der Waals surface area contributed by atoms with E-state index in [-0.39, 0.29) is 5.69 Å². The maximum absolute atomic E-state index is 13.2. The highest BCUT2D eigenvalue weighted by atomic mass is 19.2. The zero-order chi connectivity index (χ0) is 14.8. The maximum Gasteiger partial charge on any atom is 0.274 e. The highest BCUT2D eigenvalue weighted by Crippen LogP contribution is 2.22. The summed E-state index contributed by atoms with van der Waals surface area (Å²) in [6.45, 7) is 0. The number of fused-ring (bicyclic) bond motifs is 1. The summed E-state index contributed by atoms with van der Waals surface area (Å²) in [5.41, 5.74) is 2.25. The molecule has 1 amide bonds. The van der Waals surface area contributed by atoms with Crippen LogP contribution >= 0.6 is 0 Å². The molecule has 3 rings (SSSR count). The van der Waals surface area contributed by atoms with E-state index in [0.717, 1.165) is 49.1 Å². The van der Waals surface area contributed by atoms with Gasteiger partial charge in [0.1, 0.15) is 12.0 Å². The lowest BCUT2D eigenvalue weighted by Gasteiger charge is -2.16. The number of carbonyl (C=O) groups excluding carboxylic acids is 1. The molecule has 1 heterocycles. The molecule has 0 spiro atoms. The molecule has 4 nitrogen and oxygen atoms in total. The number of carbonyl (C=O) groups is 1. The minimum Gasteiger partial charge on any atom is -0.321 e. The van der Waals surface area contributed by atoms with Crippen LogP contribution in [-0.2, 0) is 12.8 Å². The topological polar surface area (TPSA) is 54.9 Å². The minimum atomic E-state index is -1.00. The van der Waals surface area contributed by atoms with Gasteiger partial charge in [0.15, 0.2) is 11.6 Å². The van der Waals surface area contributed by atoms with Gasteiger partial charge in [-0.05, 0) is 37.8 Å². The third-order valence-electron chi connectivity index (χ3n) is 3.52. The van der Waals surface area contributed by atoms with Crippen molar-refractivity contribution in [1.29, 1.82) is 0 Å². The van der Waals surface area contributed by atoms with Crippen molar-refractivity contribution < 1.29 is 13.6 Å². The fraction of sp³-hybridized carbons (Fsp3) is 0.267. The maximum atomic E-state index is 13.2. The van der Waals surface area contributed by atoms with E-state index in [9.17, 15) is 13.6 Å². The van der Waals surface area contributed by atoms with Crippen molar-refractivity contribution in [3.8, 4) is 0 Å². The first-order valence-corrected chi connectivity index (χ1v) is 6.74. The van der Waals surface area contributed by atoms with Crippen LogP contribution in [0.15, 0.2) is 24.5 Å². The summed E-state index contributed by atoms with van der Waals surface area (Å²) >= 11 is 0.